The van der Waals surface area contributed by atoms with Crippen LogP contribution in [0.1, 0.15) is 32.5 Å². The van der Waals surface area contributed by atoms with Gasteiger partial charge in [0.25, 0.3) is 0 Å². The third-order valence-corrected chi connectivity index (χ3v) is 3.08. The first-order valence-corrected chi connectivity index (χ1v) is 6.52. The number of methoxy groups -OCH3 is 1. The van der Waals surface area contributed by atoms with Crippen LogP contribution >= 0.6 is 11.5 Å². The summed E-state index contributed by atoms with van der Waals surface area (Å²) in [6, 6.07) is 0. The van der Waals surface area contributed by atoms with Gasteiger partial charge in [-0.25, -0.2) is 4.98 Å². The second-order valence-electron chi connectivity index (χ2n) is 4.66. The Morgan fingerprint density at radius 2 is 2.28 bits per heavy atom. The van der Waals surface area contributed by atoms with E-state index in [-0.39, 0.29) is 12.0 Å². The molecule has 0 aliphatic rings. The molecule has 1 aromatic heterocycles. The first kappa shape index (κ1) is 14.8. The number of hydrogen-bond donors (Lipinski definition) is 2. The Bertz CT molecular complexity index is 393. The lowest BCUT2D eigenvalue weighted by Crippen LogP contribution is -2.31. The van der Waals surface area contributed by atoms with E-state index >= 15 is 0 Å². The molecule has 1 rings (SSSR count). The Kier molecular flexibility index (Phi) is 5.49. The van der Waals surface area contributed by atoms with Crippen molar-refractivity contribution in [3.05, 3.63) is 5.82 Å². The van der Waals surface area contributed by atoms with Gasteiger partial charge in [0.1, 0.15) is 5.82 Å². The molecule has 0 aliphatic heterocycles. The largest absolute Gasteiger partial charge is 0.481 e. The molecule has 0 unspecified atom stereocenters. The molecule has 0 spiro atoms. The zero-order valence-electron chi connectivity index (χ0n) is 10.9. The topological polar surface area (TPSA) is 84.3 Å². The summed E-state index contributed by atoms with van der Waals surface area (Å²) >= 11 is 1.29. The zero-order valence-corrected chi connectivity index (χ0v) is 11.7. The molecule has 102 valence electrons. The van der Waals surface area contributed by atoms with Gasteiger partial charge in [-0.2, -0.15) is 4.37 Å². The van der Waals surface area contributed by atoms with Gasteiger partial charge < -0.3 is 15.2 Å². The maximum absolute atomic E-state index is 10.6. The molecule has 2 N–H and O–H groups in total. The maximum Gasteiger partial charge on any atom is 0.303 e. The van der Waals surface area contributed by atoms with Crippen molar-refractivity contribution < 1.29 is 14.6 Å². The number of anilines is 1. The lowest BCUT2D eigenvalue weighted by atomic mass is 9.99. The normalized spacial score (nSPS) is 11.5. The molecule has 0 atom stereocenters. The lowest BCUT2D eigenvalue weighted by Gasteiger charge is -2.24. The van der Waals surface area contributed by atoms with Gasteiger partial charge in [0.2, 0.25) is 5.13 Å². The van der Waals surface area contributed by atoms with Crippen molar-refractivity contribution in [1.29, 1.82) is 0 Å². The van der Waals surface area contributed by atoms with E-state index in [4.69, 9.17) is 9.84 Å². The van der Waals surface area contributed by atoms with E-state index in [0.717, 1.165) is 11.0 Å². The Labute approximate surface area is 111 Å². The highest BCUT2D eigenvalue weighted by Crippen LogP contribution is 2.21. The number of carboxylic acid groups (broad SMARTS) is 1. The first-order valence-electron chi connectivity index (χ1n) is 5.74. The Balaban J connectivity index is 2.49. The molecule has 0 saturated carbocycles. The van der Waals surface area contributed by atoms with Crippen LogP contribution in [0.5, 0.6) is 0 Å². The molecule has 0 amide bonds. The van der Waals surface area contributed by atoms with Crippen molar-refractivity contribution in [1.82, 2.24) is 9.36 Å². The molecule has 1 aromatic rings. The SMILES string of the molecule is COCCc1nsc(NC(C)(C)CCC(=O)O)n1. The van der Waals surface area contributed by atoms with Crippen molar-refractivity contribution in [3.8, 4) is 0 Å². The van der Waals surface area contributed by atoms with Gasteiger partial charge in [-0.15, -0.1) is 0 Å². The minimum absolute atomic E-state index is 0.134. The van der Waals surface area contributed by atoms with Crippen LogP contribution in [-0.2, 0) is 16.0 Å². The van der Waals surface area contributed by atoms with Crippen molar-refractivity contribution >= 4 is 22.6 Å². The van der Waals surface area contributed by atoms with Crippen LogP contribution in [0.2, 0.25) is 0 Å². The van der Waals surface area contributed by atoms with Crippen molar-refractivity contribution in [3.63, 3.8) is 0 Å². The average Bonchev–Trinajstić information content (AvgIpc) is 2.71. The molecular weight excluding hydrogens is 254 g/mol. The van der Waals surface area contributed by atoms with Gasteiger partial charge >= 0.3 is 5.97 Å². The number of ether oxygens (including phenoxy) is 1. The van der Waals surface area contributed by atoms with Gasteiger partial charge in [0.15, 0.2) is 0 Å². The second-order valence-corrected chi connectivity index (χ2v) is 5.41. The van der Waals surface area contributed by atoms with Crippen LogP contribution in [0, 0.1) is 0 Å². The monoisotopic (exact) mass is 273 g/mol. The number of aliphatic carboxylic acids is 1. The predicted octanol–water partition coefficient (Wildman–Crippen LogP) is 1.78. The number of aromatic nitrogens is 2. The van der Waals surface area contributed by atoms with E-state index in [1.807, 2.05) is 13.8 Å². The van der Waals surface area contributed by atoms with E-state index in [1.165, 1.54) is 11.5 Å². The van der Waals surface area contributed by atoms with E-state index < -0.39 is 5.97 Å². The first-order chi connectivity index (χ1) is 8.43. The van der Waals surface area contributed by atoms with E-state index in [1.54, 1.807) is 7.11 Å². The smallest absolute Gasteiger partial charge is 0.303 e. The average molecular weight is 273 g/mol. The molecule has 7 heteroatoms. The number of nitrogens with one attached hydrogen (secondary N) is 1. The number of nitrogens with zero attached hydrogens (tertiary/aromatic N) is 2. The zero-order chi connectivity index (χ0) is 13.6. The molecule has 0 radical (unpaired) electrons. The van der Waals surface area contributed by atoms with E-state index in [0.29, 0.717) is 19.4 Å². The summed E-state index contributed by atoms with van der Waals surface area (Å²) in [5.74, 6) is -0.0405. The summed E-state index contributed by atoms with van der Waals surface area (Å²) < 4.78 is 9.16. The molecule has 0 saturated heterocycles. The minimum Gasteiger partial charge on any atom is -0.481 e. The fraction of sp³-hybridized carbons (Fsp3) is 0.727. The number of carbonyl (C=O) groups is 1. The minimum atomic E-state index is -0.789. The van der Waals surface area contributed by atoms with Crippen molar-refractivity contribution in [2.45, 2.75) is 38.6 Å². The van der Waals surface area contributed by atoms with Crippen molar-refractivity contribution in [2.75, 3.05) is 19.0 Å². The fourth-order valence-electron chi connectivity index (χ4n) is 1.37. The van der Waals surface area contributed by atoms with Gasteiger partial charge in [-0.1, -0.05) is 0 Å². The fourth-order valence-corrected chi connectivity index (χ4v) is 2.16. The predicted molar refractivity (Wildman–Crippen MR) is 70.1 cm³/mol. The Hall–Kier alpha value is -1.21. The quantitative estimate of drug-likeness (QED) is 0.751. The van der Waals surface area contributed by atoms with Crippen LogP contribution in [0.4, 0.5) is 5.13 Å². The standard InChI is InChI=1S/C11H19N3O3S/c1-11(2,6-4-9(15)16)13-10-12-8(14-18-10)5-7-17-3/h4-7H2,1-3H3,(H,15,16)(H,12,13,14). The summed E-state index contributed by atoms with van der Waals surface area (Å²) in [7, 11) is 1.64. The van der Waals surface area contributed by atoms with Crippen LogP contribution in [0.25, 0.3) is 0 Å². The third kappa shape index (κ3) is 5.42. The van der Waals surface area contributed by atoms with Crippen LogP contribution in [0.3, 0.4) is 0 Å². The van der Waals surface area contributed by atoms with Crippen LogP contribution in [-0.4, -0.2) is 39.7 Å². The van der Waals surface area contributed by atoms with Crippen LogP contribution in [0.15, 0.2) is 0 Å². The molecule has 0 aliphatic carbocycles. The summed E-state index contributed by atoms with van der Waals surface area (Å²) in [5, 5.41) is 12.6. The highest BCUT2D eigenvalue weighted by molar-refractivity contribution is 7.09. The number of carboxylic acids is 1. The van der Waals surface area contributed by atoms with Gasteiger partial charge in [0.05, 0.1) is 6.61 Å². The van der Waals surface area contributed by atoms with Gasteiger partial charge in [-0.05, 0) is 20.3 Å². The maximum atomic E-state index is 10.6. The highest BCUT2D eigenvalue weighted by atomic mass is 32.1. The summed E-state index contributed by atoms with van der Waals surface area (Å²) in [6.07, 6.45) is 1.36. The van der Waals surface area contributed by atoms with Gasteiger partial charge in [0, 0.05) is 37.0 Å². The van der Waals surface area contributed by atoms with E-state index in [9.17, 15) is 4.79 Å². The summed E-state index contributed by atoms with van der Waals surface area (Å²) in [4.78, 5) is 14.9. The molecule has 0 bridgehead atoms. The number of hydrogen-bond acceptors (Lipinski definition) is 6. The highest BCUT2D eigenvalue weighted by Gasteiger charge is 2.20. The molecule has 18 heavy (non-hydrogen) atoms. The summed E-state index contributed by atoms with van der Waals surface area (Å²) in [6.45, 7) is 4.50. The van der Waals surface area contributed by atoms with Crippen LogP contribution < -0.4 is 5.32 Å². The Morgan fingerprint density at radius 1 is 1.56 bits per heavy atom. The third-order valence-electron chi connectivity index (χ3n) is 2.41. The van der Waals surface area contributed by atoms with Gasteiger partial charge in [-0.3, -0.25) is 4.79 Å². The Morgan fingerprint density at radius 3 is 2.89 bits per heavy atom. The number of rotatable bonds is 8. The van der Waals surface area contributed by atoms with Crippen molar-refractivity contribution in [2.24, 2.45) is 0 Å². The molecule has 0 fully saturated rings. The molecule has 6 nitrogen and oxygen atoms in total. The molecule has 0 aromatic carbocycles. The second kappa shape index (κ2) is 6.65. The van der Waals surface area contributed by atoms with E-state index in [2.05, 4.69) is 14.7 Å². The molecular formula is C11H19N3O3S. The summed E-state index contributed by atoms with van der Waals surface area (Å²) in [5.41, 5.74) is -0.309. The molecule has 1 heterocycles. The lowest BCUT2D eigenvalue weighted by molar-refractivity contribution is -0.137.